The van der Waals surface area contributed by atoms with Gasteiger partial charge in [-0.05, 0) is 67.1 Å². The molecular weight excluding hydrogens is 607 g/mol. The quantitative estimate of drug-likeness (QED) is 0.170. The van der Waals surface area contributed by atoms with Gasteiger partial charge in [-0.3, -0.25) is 0 Å². The summed E-state index contributed by atoms with van der Waals surface area (Å²) in [6.07, 6.45) is 0. The van der Waals surface area contributed by atoms with Crippen LogP contribution in [-0.4, -0.2) is 15.0 Å². The standard InChI is InChI=1S/C47H31N3/c1-4-16-32(17-5-1)43-39(28-15-29-42(43)44-40-26-12-10-22-35(40)30-36-23-11-13-27-41(36)44)37-24-14-25-38(31-37)47-49-45(33-18-6-2-7-19-33)48-46(50-47)34-20-8-3-9-21-34/h1-31H. The van der Waals surface area contributed by atoms with Crippen molar-refractivity contribution in [3.05, 3.63) is 188 Å². The third-order valence-corrected chi connectivity index (χ3v) is 9.30. The Hall–Kier alpha value is -6.71. The van der Waals surface area contributed by atoms with Gasteiger partial charge < -0.3 is 0 Å². The highest BCUT2D eigenvalue weighted by molar-refractivity contribution is 6.15. The molecule has 0 N–H and O–H groups in total. The summed E-state index contributed by atoms with van der Waals surface area (Å²) in [6.45, 7) is 0. The molecule has 0 aliphatic heterocycles. The Morgan fingerprint density at radius 1 is 0.260 bits per heavy atom. The van der Waals surface area contributed by atoms with Gasteiger partial charge in [0.05, 0.1) is 0 Å². The van der Waals surface area contributed by atoms with Gasteiger partial charge in [0.15, 0.2) is 17.5 Å². The van der Waals surface area contributed by atoms with Crippen molar-refractivity contribution in [3.63, 3.8) is 0 Å². The van der Waals surface area contributed by atoms with Gasteiger partial charge in [0.25, 0.3) is 0 Å². The van der Waals surface area contributed by atoms with Crippen molar-refractivity contribution < 1.29 is 0 Å². The number of hydrogen-bond donors (Lipinski definition) is 0. The second-order valence-corrected chi connectivity index (χ2v) is 12.4. The molecule has 0 unspecified atom stereocenters. The zero-order valence-corrected chi connectivity index (χ0v) is 27.2. The Balaban J connectivity index is 1.27. The molecule has 8 aromatic carbocycles. The summed E-state index contributed by atoms with van der Waals surface area (Å²) in [5, 5.41) is 4.93. The van der Waals surface area contributed by atoms with E-state index < -0.39 is 0 Å². The average molecular weight is 638 g/mol. The lowest BCUT2D eigenvalue weighted by molar-refractivity contribution is 1.07. The van der Waals surface area contributed by atoms with Gasteiger partial charge in [-0.2, -0.15) is 0 Å². The molecule has 0 radical (unpaired) electrons. The molecule has 0 saturated heterocycles. The molecule has 0 amide bonds. The van der Waals surface area contributed by atoms with Crippen molar-refractivity contribution in [2.75, 3.05) is 0 Å². The highest BCUT2D eigenvalue weighted by Gasteiger charge is 2.19. The fraction of sp³-hybridized carbons (Fsp3) is 0. The van der Waals surface area contributed by atoms with Crippen LogP contribution in [0.2, 0.25) is 0 Å². The molecule has 1 heterocycles. The maximum atomic E-state index is 5.03. The third-order valence-electron chi connectivity index (χ3n) is 9.30. The molecule has 3 heteroatoms. The molecule has 0 bridgehead atoms. The second kappa shape index (κ2) is 12.7. The molecule has 0 saturated carbocycles. The first-order valence-electron chi connectivity index (χ1n) is 16.9. The van der Waals surface area contributed by atoms with Crippen LogP contribution in [0.25, 0.3) is 89.1 Å². The van der Waals surface area contributed by atoms with E-state index in [0.717, 1.165) is 27.8 Å². The monoisotopic (exact) mass is 637 g/mol. The summed E-state index contributed by atoms with van der Waals surface area (Å²) in [5.74, 6) is 1.93. The molecule has 234 valence electrons. The first kappa shape index (κ1) is 29.4. The lowest BCUT2D eigenvalue weighted by Crippen LogP contribution is -2.00. The molecular formula is C47H31N3. The fourth-order valence-electron chi connectivity index (χ4n) is 6.98. The van der Waals surface area contributed by atoms with E-state index >= 15 is 0 Å². The Kier molecular flexibility index (Phi) is 7.49. The van der Waals surface area contributed by atoms with Crippen LogP contribution in [-0.2, 0) is 0 Å². The predicted molar refractivity (Wildman–Crippen MR) is 207 cm³/mol. The number of nitrogens with zero attached hydrogens (tertiary/aromatic N) is 3. The summed E-state index contributed by atoms with van der Waals surface area (Å²) in [5.41, 5.74) is 9.87. The maximum absolute atomic E-state index is 5.03. The summed E-state index contributed by atoms with van der Waals surface area (Å²) >= 11 is 0. The van der Waals surface area contributed by atoms with Crippen LogP contribution in [0, 0.1) is 0 Å². The number of aromatic nitrogens is 3. The Morgan fingerprint density at radius 3 is 1.26 bits per heavy atom. The van der Waals surface area contributed by atoms with Gasteiger partial charge in [0.2, 0.25) is 0 Å². The van der Waals surface area contributed by atoms with E-state index in [1.54, 1.807) is 0 Å². The zero-order valence-electron chi connectivity index (χ0n) is 27.2. The van der Waals surface area contributed by atoms with Gasteiger partial charge in [0, 0.05) is 16.7 Å². The van der Waals surface area contributed by atoms with E-state index in [1.165, 1.54) is 43.8 Å². The molecule has 0 spiro atoms. The van der Waals surface area contributed by atoms with Crippen molar-refractivity contribution in [2.24, 2.45) is 0 Å². The maximum Gasteiger partial charge on any atom is 0.164 e. The lowest BCUT2D eigenvalue weighted by atomic mass is 9.84. The van der Waals surface area contributed by atoms with Crippen molar-refractivity contribution in [3.8, 4) is 67.5 Å². The van der Waals surface area contributed by atoms with E-state index in [1.807, 2.05) is 60.7 Å². The Bertz CT molecular complexity index is 2520. The average Bonchev–Trinajstić information content (AvgIpc) is 3.20. The smallest absolute Gasteiger partial charge is 0.164 e. The molecule has 0 fully saturated rings. The van der Waals surface area contributed by atoms with E-state index in [0.29, 0.717) is 17.5 Å². The molecule has 3 nitrogen and oxygen atoms in total. The molecule has 9 aromatic rings. The summed E-state index contributed by atoms with van der Waals surface area (Å²) in [7, 11) is 0. The van der Waals surface area contributed by atoms with Crippen LogP contribution in [0.1, 0.15) is 0 Å². The minimum absolute atomic E-state index is 0.636. The van der Waals surface area contributed by atoms with Crippen molar-refractivity contribution >= 4 is 21.5 Å². The topological polar surface area (TPSA) is 38.7 Å². The summed E-state index contributed by atoms with van der Waals surface area (Å²) < 4.78 is 0. The second-order valence-electron chi connectivity index (χ2n) is 12.4. The minimum Gasteiger partial charge on any atom is -0.208 e. The molecule has 0 aliphatic rings. The normalized spacial score (nSPS) is 11.2. The van der Waals surface area contributed by atoms with Gasteiger partial charge in [0.1, 0.15) is 0 Å². The van der Waals surface area contributed by atoms with E-state index in [9.17, 15) is 0 Å². The van der Waals surface area contributed by atoms with Crippen LogP contribution in [0.5, 0.6) is 0 Å². The number of benzene rings is 8. The Morgan fingerprint density at radius 2 is 0.680 bits per heavy atom. The molecule has 0 atom stereocenters. The van der Waals surface area contributed by atoms with Crippen molar-refractivity contribution in [1.29, 1.82) is 0 Å². The van der Waals surface area contributed by atoms with Crippen LogP contribution in [0.3, 0.4) is 0 Å². The van der Waals surface area contributed by atoms with Gasteiger partial charge >= 0.3 is 0 Å². The third kappa shape index (κ3) is 5.41. The van der Waals surface area contributed by atoms with Crippen LogP contribution in [0.15, 0.2) is 188 Å². The van der Waals surface area contributed by atoms with E-state index in [2.05, 4.69) is 127 Å². The van der Waals surface area contributed by atoms with Gasteiger partial charge in [-0.1, -0.05) is 176 Å². The Labute approximate surface area is 291 Å². The lowest BCUT2D eigenvalue weighted by Gasteiger charge is -2.20. The SMILES string of the molecule is c1ccc(-c2nc(-c3ccccc3)nc(-c3cccc(-c4cccc(-c5c6ccccc6cc6ccccc56)c4-c4ccccc4)c3)n2)cc1. The number of hydrogen-bond acceptors (Lipinski definition) is 3. The first-order chi connectivity index (χ1) is 24.8. The minimum atomic E-state index is 0.636. The van der Waals surface area contributed by atoms with Crippen LogP contribution in [0.4, 0.5) is 0 Å². The van der Waals surface area contributed by atoms with E-state index in [-0.39, 0.29) is 0 Å². The summed E-state index contributed by atoms with van der Waals surface area (Å²) in [6, 6.07) is 66.0. The molecule has 0 aliphatic carbocycles. The fourth-order valence-corrected chi connectivity index (χ4v) is 6.98. The van der Waals surface area contributed by atoms with Crippen molar-refractivity contribution in [2.45, 2.75) is 0 Å². The zero-order chi connectivity index (χ0) is 33.3. The highest BCUT2D eigenvalue weighted by atomic mass is 15.0. The first-order valence-corrected chi connectivity index (χ1v) is 16.9. The van der Waals surface area contributed by atoms with Gasteiger partial charge in [-0.25, -0.2) is 15.0 Å². The van der Waals surface area contributed by atoms with Crippen LogP contribution < -0.4 is 0 Å². The van der Waals surface area contributed by atoms with Crippen LogP contribution >= 0.6 is 0 Å². The number of fused-ring (bicyclic) bond motifs is 2. The molecule has 9 rings (SSSR count). The molecule has 50 heavy (non-hydrogen) atoms. The highest BCUT2D eigenvalue weighted by Crippen LogP contribution is 2.45. The largest absolute Gasteiger partial charge is 0.208 e. The summed E-state index contributed by atoms with van der Waals surface area (Å²) in [4.78, 5) is 15.0. The predicted octanol–water partition coefficient (Wildman–Crippen LogP) is 12.2. The van der Waals surface area contributed by atoms with E-state index in [4.69, 9.17) is 15.0 Å². The number of rotatable bonds is 6. The molecule has 1 aromatic heterocycles. The van der Waals surface area contributed by atoms with Crippen molar-refractivity contribution in [1.82, 2.24) is 15.0 Å². The van der Waals surface area contributed by atoms with Gasteiger partial charge in [-0.15, -0.1) is 0 Å².